The first-order chi connectivity index (χ1) is 5.77. The third-order valence-electron chi connectivity index (χ3n) is 1.62. The van der Waals surface area contributed by atoms with Crippen molar-refractivity contribution >= 4 is 17.4 Å². The molecular formula is C9H10N2S. The van der Waals surface area contributed by atoms with E-state index in [1.54, 1.807) is 11.8 Å². The van der Waals surface area contributed by atoms with Gasteiger partial charge in [-0.05, 0) is 24.0 Å². The van der Waals surface area contributed by atoms with Gasteiger partial charge in [0.1, 0.15) is 0 Å². The van der Waals surface area contributed by atoms with Crippen LogP contribution in [0.4, 0.5) is 5.69 Å². The predicted molar refractivity (Wildman–Crippen MR) is 52.0 cm³/mol. The Balaban J connectivity index is 2.97. The molecule has 0 aliphatic heterocycles. The zero-order valence-electron chi connectivity index (χ0n) is 6.87. The fourth-order valence-electron chi connectivity index (χ4n) is 0.946. The molecule has 0 heterocycles. The summed E-state index contributed by atoms with van der Waals surface area (Å²) in [7, 11) is 0. The van der Waals surface area contributed by atoms with Gasteiger partial charge in [-0.3, -0.25) is 0 Å². The van der Waals surface area contributed by atoms with Gasteiger partial charge >= 0.3 is 0 Å². The van der Waals surface area contributed by atoms with E-state index < -0.39 is 0 Å². The summed E-state index contributed by atoms with van der Waals surface area (Å²) in [6.45, 7) is 0. The van der Waals surface area contributed by atoms with Crippen LogP contribution in [-0.4, -0.2) is 6.26 Å². The van der Waals surface area contributed by atoms with E-state index in [2.05, 4.69) is 6.07 Å². The third kappa shape index (κ3) is 1.93. The Hall–Kier alpha value is -1.14. The number of benzene rings is 1. The zero-order chi connectivity index (χ0) is 8.97. The molecule has 0 saturated heterocycles. The topological polar surface area (TPSA) is 49.8 Å². The Morgan fingerprint density at radius 3 is 2.83 bits per heavy atom. The van der Waals surface area contributed by atoms with Crippen LogP contribution in [0.2, 0.25) is 0 Å². The summed E-state index contributed by atoms with van der Waals surface area (Å²) in [6.07, 6.45) is 2.39. The van der Waals surface area contributed by atoms with E-state index in [1.807, 2.05) is 24.5 Å². The molecule has 0 unspecified atom stereocenters. The van der Waals surface area contributed by atoms with Crippen LogP contribution < -0.4 is 5.73 Å². The van der Waals surface area contributed by atoms with E-state index in [9.17, 15) is 0 Å². The molecule has 2 nitrogen and oxygen atoms in total. The molecule has 0 aliphatic carbocycles. The van der Waals surface area contributed by atoms with Gasteiger partial charge in [0.2, 0.25) is 0 Å². The monoisotopic (exact) mass is 178 g/mol. The molecule has 0 bridgehead atoms. The van der Waals surface area contributed by atoms with Gasteiger partial charge in [-0.25, -0.2) is 0 Å². The second-order valence-electron chi connectivity index (χ2n) is 2.40. The van der Waals surface area contributed by atoms with Crippen LogP contribution in [0, 0.1) is 11.3 Å². The Morgan fingerprint density at radius 2 is 2.33 bits per heavy atom. The Morgan fingerprint density at radius 1 is 1.58 bits per heavy atom. The Labute approximate surface area is 76.4 Å². The van der Waals surface area contributed by atoms with E-state index in [0.29, 0.717) is 12.1 Å². The minimum absolute atomic E-state index is 0.389. The normalized spacial score (nSPS) is 9.33. The van der Waals surface area contributed by atoms with Crippen molar-refractivity contribution in [3.63, 3.8) is 0 Å². The molecule has 0 radical (unpaired) electrons. The smallest absolute Gasteiger partial charge is 0.0670 e. The van der Waals surface area contributed by atoms with Crippen LogP contribution in [0.1, 0.15) is 5.56 Å². The molecule has 0 fully saturated rings. The maximum Gasteiger partial charge on any atom is 0.0670 e. The molecule has 0 aromatic heterocycles. The molecule has 0 spiro atoms. The lowest BCUT2D eigenvalue weighted by molar-refractivity contribution is 1.25. The predicted octanol–water partition coefficient (Wildman–Crippen LogP) is 2.06. The maximum atomic E-state index is 8.46. The number of nitrogen functional groups attached to an aromatic ring is 1. The highest BCUT2D eigenvalue weighted by molar-refractivity contribution is 7.98. The highest BCUT2D eigenvalue weighted by atomic mass is 32.2. The van der Waals surface area contributed by atoms with E-state index in [-0.39, 0.29) is 0 Å². The lowest BCUT2D eigenvalue weighted by Crippen LogP contribution is -1.92. The van der Waals surface area contributed by atoms with Gasteiger partial charge in [-0.1, -0.05) is 6.07 Å². The van der Waals surface area contributed by atoms with E-state index in [1.165, 1.54) is 0 Å². The summed E-state index contributed by atoms with van der Waals surface area (Å²) in [5.74, 6) is 0. The first-order valence-corrected chi connectivity index (χ1v) is 4.79. The second kappa shape index (κ2) is 4.03. The van der Waals surface area contributed by atoms with Gasteiger partial charge in [0.05, 0.1) is 12.5 Å². The van der Waals surface area contributed by atoms with Crippen molar-refractivity contribution in [1.82, 2.24) is 0 Å². The lowest BCUT2D eigenvalue weighted by Gasteiger charge is -2.02. The van der Waals surface area contributed by atoms with Gasteiger partial charge in [-0.15, -0.1) is 11.8 Å². The molecule has 1 aromatic rings. The van der Waals surface area contributed by atoms with Crippen LogP contribution in [0.25, 0.3) is 0 Å². The van der Waals surface area contributed by atoms with Crippen molar-refractivity contribution in [2.45, 2.75) is 11.3 Å². The number of hydrogen-bond donors (Lipinski definition) is 1. The van der Waals surface area contributed by atoms with Crippen LogP contribution in [0.15, 0.2) is 23.1 Å². The van der Waals surface area contributed by atoms with Gasteiger partial charge < -0.3 is 5.73 Å². The fourth-order valence-corrected chi connectivity index (χ4v) is 1.40. The number of anilines is 1. The SMILES string of the molecule is CSc1ccc(CC#N)c(N)c1. The number of thioether (sulfide) groups is 1. The van der Waals surface area contributed by atoms with Crippen LogP contribution >= 0.6 is 11.8 Å². The summed E-state index contributed by atoms with van der Waals surface area (Å²) in [5, 5.41) is 8.46. The third-order valence-corrected chi connectivity index (χ3v) is 2.35. The maximum absolute atomic E-state index is 8.46. The molecule has 3 heteroatoms. The number of hydrogen-bond acceptors (Lipinski definition) is 3. The van der Waals surface area contributed by atoms with Gasteiger partial charge in [0.25, 0.3) is 0 Å². The number of nitrogens with two attached hydrogens (primary N) is 1. The molecular weight excluding hydrogens is 168 g/mol. The Bertz CT molecular complexity index is 315. The van der Waals surface area contributed by atoms with Gasteiger partial charge in [0, 0.05) is 10.6 Å². The van der Waals surface area contributed by atoms with Crippen molar-refractivity contribution in [2.75, 3.05) is 12.0 Å². The summed E-state index contributed by atoms with van der Waals surface area (Å²) >= 11 is 1.65. The van der Waals surface area contributed by atoms with E-state index in [0.717, 1.165) is 10.5 Å². The van der Waals surface area contributed by atoms with Gasteiger partial charge in [-0.2, -0.15) is 5.26 Å². The largest absolute Gasteiger partial charge is 0.398 e. The number of nitriles is 1. The minimum Gasteiger partial charge on any atom is -0.398 e. The van der Waals surface area contributed by atoms with Crippen LogP contribution in [0.3, 0.4) is 0 Å². The summed E-state index contributed by atoms with van der Waals surface area (Å²) in [4.78, 5) is 1.13. The summed E-state index contributed by atoms with van der Waals surface area (Å²) < 4.78 is 0. The van der Waals surface area contributed by atoms with Crippen molar-refractivity contribution in [3.05, 3.63) is 23.8 Å². The molecule has 0 amide bonds. The lowest BCUT2D eigenvalue weighted by atomic mass is 10.1. The highest BCUT2D eigenvalue weighted by Gasteiger charge is 1.98. The van der Waals surface area contributed by atoms with Crippen molar-refractivity contribution in [3.8, 4) is 6.07 Å². The number of nitrogens with zero attached hydrogens (tertiary/aromatic N) is 1. The van der Waals surface area contributed by atoms with E-state index in [4.69, 9.17) is 11.0 Å². The van der Waals surface area contributed by atoms with Crippen molar-refractivity contribution in [1.29, 1.82) is 5.26 Å². The quantitative estimate of drug-likeness (QED) is 0.557. The van der Waals surface area contributed by atoms with Gasteiger partial charge in [0.15, 0.2) is 0 Å². The highest BCUT2D eigenvalue weighted by Crippen LogP contribution is 2.21. The second-order valence-corrected chi connectivity index (χ2v) is 3.28. The van der Waals surface area contributed by atoms with Crippen molar-refractivity contribution in [2.24, 2.45) is 0 Å². The minimum atomic E-state index is 0.389. The summed E-state index contributed by atoms with van der Waals surface area (Å²) in [5.41, 5.74) is 7.34. The molecule has 0 aliphatic rings. The molecule has 12 heavy (non-hydrogen) atoms. The molecule has 62 valence electrons. The average molecular weight is 178 g/mol. The first-order valence-electron chi connectivity index (χ1n) is 3.57. The molecule has 0 atom stereocenters. The van der Waals surface area contributed by atoms with E-state index >= 15 is 0 Å². The zero-order valence-corrected chi connectivity index (χ0v) is 7.69. The molecule has 2 N–H and O–H groups in total. The molecule has 0 saturated carbocycles. The Kier molecular flexibility index (Phi) is 3.01. The average Bonchev–Trinajstić information content (AvgIpc) is 2.09. The molecule has 1 rings (SSSR count). The standard InChI is InChI=1S/C9H10N2S/c1-12-8-3-2-7(4-5-10)9(11)6-8/h2-3,6H,4,11H2,1H3. The summed E-state index contributed by atoms with van der Waals surface area (Å²) in [6, 6.07) is 7.86. The number of rotatable bonds is 2. The molecule has 1 aromatic carbocycles. The van der Waals surface area contributed by atoms with Crippen LogP contribution in [-0.2, 0) is 6.42 Å². The van der Waals surface area contributed by atoms with Crippen LogP contribution in [0.5, 0.6) is 0 Å². The fraction of sp³-hybridized carbons (Fsp3) is 0.222. The van der Waals surface area contributed by atoms with Crippen molar-refractivity contribution < 1.29 is 0 Å². The first kappa shape index (κ1) is 8.95.